The molecule has 0 unspecified atom stereocenters. The van der Waals surface area contributed by atoms with Crippen molar-refractivity contribution < 1.29 is 9.47 Å². The summed E-state index contributed by atoms with van der Waals surface area (Å²) in [6.07, 6.45) is 0.264. The Bertz CT molecular complexity index is 384. The molecule has 0 amide bonds. The second kappa shape index (κ2) is 5.95. The smallest absolute Gasteiger partial charge is 0.388 e. The van der Waals surface area contributed by atoms with Crippen molar-refractivity contribution in [3.05, 3.63) is 41.5 Å². The van der Waals surface area contributed by atoms with Gasteiger partial charge in [-0.15, -0.1) is 0 Å². The minimum atomic E-state index is 0.264. The van der Waals surface area contributed by atoms with E-state index >= 15 is 0 Å². The van der Waals surface area contributed by atoms with Crippen molar-refractivity contribution in [3.8, 4) is 0 Å². The van der Waals surface area contributed by atoms with Gasteiger partial charge in [-0.25, -0.2) is 0 Å². The molecule has 0 N–H and O–H groups in total. The van der Waals surface area contributed by atoms with Gasteiger partial charge in [0, 0.05) is 5.56 Å². The normalized spacial score (nSPS) is 9.25. The fourth-order valence-corrected chi connectivity index (χ4v) is 1.33. The van der Waals surface area contributed by atoms with Crippen LogP contribution < -0.4 is 0 Å². The van der Waals surface area contributed by atoms with E-state index in [0.717, 1.165) is 16.8 Å². The molecule has 0 aromatic heterocycles. The lowest BCUT2D eigenvalue weighted by Gasteiger charge is -2.07. The van der Waals surface area contributed by atoms with Crippen LogP contribution in [-0.2, 0) is 9.47 Å². The number of aliphatic imine (C=N–C) groups is 1. The van der Waals surface area contributed by atoms with Crippen LogP contribution >= 0.6 is 0 Å². The van der Waals surface area contributed by atoms with E-state index in [-0.39, 0.29) is 6.08 Å². The molecular weight excluding hydrogens is 202 g/mol. The Morgan fingerprint density at radius 3 is 2.00 bits per heavy atom. The number of hydrogen-bond acceptors (Lipinski definition) is 3. The summed E-state index contributed by atoms with van der Waals surface area (Å²) in [5.41, 5.74) is 3.03. The van der Waals surface area contributed by atoms with E-state index in [9.17, 15) is 0 Å². The van der Waals surface area contributed by atoms with Crippen LogP contribution in [0.1, 0.15) is 19.4 Å². The number of allylic oxidation sites excluding steroid dienone is 1. The highest BCUT2D eigenvalue weighted by Gasteiger charge is 2.05. The van der Waals surface area contributed by atoms with Crippen LogP contribution in [0.15, 0.2) is 40.9 Å². The Balaban J connectivity index is 3.13. The molecule has 0 radical (unpaired) electrons. The molecule has 0 atom stereocenters. The highest BCUT2D eigenvalue weighted by Crippen LogP contribution is 2.20. The summed E-state index contributed by atoms with van der Waals surface area (Å²) in [6.45, 7) is 4.02. The van der Waals surface area contributed by atoms with Crippen LogP contribution in [0.25, 0.3) is 5.70 Å². The summed E-state index contributed by atoms with van der Waals surface area (Å²) in [7, 11) is 3.08. The average molecular weight is 219 g/mol. The molecule has 3 heteroatoms. The van der Waals surface area contributed by atoms with E-state index in [1.54, 1.807) is 0 Å². The van der Waals surface area contributed by atoms with Gasteiger partial charge in [0.2, 0.25) is 0 Å². The number of hydrogen-bond donors (Lipinski definition) is 0. The Morgan fingerprint density at radius 2 is 1.56 bits per heavy atom. The summed E-state index contributed by atoms with van der Waals surface area (Å²) in [4.78, 5) is 4.33. The van der Waals surface area contributed by atoms with Crippen molar-refractivity contribution in [2.24, 2.45) is 4.99 Å². The fourth-order valence-electron chi connectivity index (χ4n) is 1.33. The summed E-state index contributed by atoms with van der Waals surface area (Å²) in [6, 6.07) is 9.95. The lowest BCUT2D eigenvalue weighted by molar-refractivity contribution is 0.243. The SMILES string of the molecule is COC(=NC(=C(C)C)c1ccccc1)OC. The number of rotatable bonds is 2. The highest BCUT2D eigenvalue weighted by molar-refractivity contribution is 5.79. The number of benzene rings is 1. The standard InChI is InChI=1S/C13H17NO2/c1-10(2)12(14-13(15-3)16-4)11-8-6-5-7-9-11/h5-9H,1-4H3. The minimum absolute atomic E-state index is 0.264. The van der Waals surface area contributed by atoms with E-state index in [0.29, 0.717) is 0 Å². The van der Waals surface area contributed by atoms with E-state index < -0.39 is 0 Å². The van der Waals surface area contributed by atoms with Crippen LogP contribution in [-0.4, -0.2) is 20.3 Å². The molecular formula is C13H17NO2. The lowest BCUT2D eigenvalue weighted by Crippen LogP contribution is -2.04. The zero-order chi connectivity index (χ0) is 12.0. The maximum Gasteiger partial charge on any atom is 0.388 e. The van der Waals surface area contributed by atoms with Gasteiger partial charge in [0.05, 0.1) is 19.9 Å². The molecule has 86 valence electrons. The van der Waals surface area contributed by atoms with Gasteiger partial charge < -0.3 is 9.47 Å². The number of ether oxygens (including phenoxy) is 2. The van der Waals surface area contributed by atoms with Gasteiger partial charge in [0.25, 0.3) is 0 Å². The molecule has 0 fully saturated rings. The first kappa shape index (κ1) is 12.3. The van der Waals surface area contributed by atoms with Gasteiger partial charge in [0.15, 0.2) is 0 Å². The van der Waals surface area contributed by atoms with E-state index in [4.69, 9.17) is 9.47 Å². The van der Waals surface area contributed by atoms with Crippen molar-refractivity contribution in [1.82, 2.24) is 0 Å². The molecule has 1 rings (SSSR count). The van der Waals surface area contributed by atoms with Crippen molar-refractivity contribution in [2.75, 3.05) is 14.2 Å². The summed E-state index contributed by atoms with van der Waals surface area (Å²) < 4.78 is 9.99. The molecule has 1 aromatic carbocycles. The highest BCUT2D eigenvalue weighted by atomic mass is 16.7. The van der Waals surface area contributed by atoms with Gasteiger partial charge in [-0.1, -0.05) is 30.3 Å². The molecule has 0 heterocycles. The number of nitrogens with zero attached hydrogens (tertiary/aromatic N) is 1. The fraction of sp³-hybridized carbons (Fsp3) is 0.308. The molecule has 0 saturated heterocycles. The zero-order valence-corrected chi connectivity index (χ0v) is 10.2. The van der Waals surface area contributed by atoms with Crippen molar-refractivity contribution in [2.45, 2.75) is 13.8 Å². The summed E-state index contributed by atoms with van der Waals surface area (Å²) >= 11 is 0. The molecule has 0 saturated carbocycles. The lowest BCUT2D eigenvalue weighted by atomic mass is 10.1. The predicted octanol–water partition coefficient (Wildman–Crippen LogP) is 3.09. The van der Waals surface area contributed by atoms with Gasteiger partial charge in [0.1, 0.15) is 0 Å². The van der Waals surface area contributed by atoms with Crippen LogP contribution in [0.5, 0.6) is 0 Å². The first-order valence-electron chi connectivity index (χ1n) is 5.08. The Kier molecular flexibility index (Phi) is 4.58. The van der Waals surface area contributed by atoms with Gasteiger partial charge in [-0.05, 0) is 19.4 Å². The van der Waals surface area contributed by atoms with Crippen LogP contribution in [0, 0.1) is 0 Å². The molecule has 3 nitrogen and oxygen atoms in total. The molecule has 0 aliphatic carbocycles. The predicted molar refractivity (Wildman–Crippen MR) is 66.2 cm³/mol. The largest absolute Gasteiger partial charge is 0.454 e. The zero-order valence-electron chi connectivity index (χ0n) is 10.2. The Hall–Kier alpha value is -1.77. The van der Waals surface area contributed by atoms with Crippen LogP contribution in [0.4, 0.5) is 0 Å². The third-order valence-electron chi connectivity index (χ3n) is 2.07. The second-order valence-electron chi connectivity index (χ2n) is 3.50. The third-order valence-corrected chi connectivity index (χ3v) is 2.07. The third kappa shape index (κ3) is 3.12. The van der Waals surface area contributed by atoms with Crippen molar-refractivity contribution in [1.29, 1.82) is 0 Å². The van der Waals surface area contributed by atoms with Gasteiger partial charge in [-0.2, -0.15) is 4.99 Å². The monoisotopic (exact) mass is 219 g/mol. The van der Waals surface area contributed by atoms with E-state index in [1.807, 2.05) is 44.2 Å². The van der Waals surface area contributed by atoms with Crippen LogP contribution in [0.2, 0.25) is 0 Å². The molecule has 0 spiro atoms. The Morgan fingerprint density at radius 1 is 1.00 bits per heavy atom. The maximum atomic E-state index is 5.00. The van der Waals surface area contributed by atoms with E-state index in [1.165, 1.54) is 14.2 Å². The van der Waals surface area contributed by atoms with Gasteiger partial charge >= 0.3 is 6.08 Å². The summed E-state index contributed by atoms with van der Waals surface area (Å²) in [5.74, 6) is 0. The molecule has 16 heavy (non-hydrogen) atoms. The van der Waals surface area contributed by atoms with Crippen LogP contribution in [0.3, 0.4) is 0 Å². The summed E-state index contributed by atoms with van der Waals surface area (Å²) in [5, 5.41) is 0. The van der Waals surface area contributed by atoms with E-state index in [2.05, 4.69) is 4.99 Å². The minimum Gasteiger partial charge on any atom is -0.454 e. The Labute approximate surface area is 96.4 Å². The molecule has 0 aliphatic heterocycles. The maximum absolute atomic E-state index is 5.00. The molecule has 0 aliphatic rings. The first-order valence-corrected chi connectivity index (χ1v) is 5.08. The average Bonchev–Trinajstić information content (AvgIpc) is 2.31. The van der Waals surface area contributed by atoms with Crippen molar-refractivity contribution >= 4 is 11.8 Å². The topological polar surface area (TPSA) is 30.8 Å². The quantitative estimate of drug-likeness (QED) is 0.565. The first-order chi connectivity index (χ1) is 7.69. The number of methoxy groups -OCH3 is 2. The van der Waals surface area contributed by atoms with Crippen molar-refractivity contribution in [3.63, 3.8) is 0 Å². The second-order valence-corrected chi connectivity index (χ2v) is 3.50. The van der Waals surface area contributed by atoms with Gasteiger partial charge in [-0.3, -0.25) is 0 Å². The molecule has 0 bridgehead atoms. The molecule has 1 aromatic rings.